The van der Waals surface area contributed by atoms with Crippen LogP contribution in [-0.2, 0) is 10.2 Å². The summed E-state index contributed by atoms with van der Waals surface area (Å²) in [5, 5.41) is 8.96. The molecule has 0 fully saturated rings. The Morgan fingerprint density at radius 3 is 2.72 bits per heavy atom. The zero-order chi connectivity index (χ0) is 13.5. The van der Waals surface area contributed by atoms with Gasteiger partial charge in [-0.25, -0.2) is 8.78 Å². The molecule has 0 saturated heterocycles. The molecule has 0 aliphatic rings. The molecular formula is C13H12F2O3. The number of hydrogen-bond donors (Lipinski definition) is 1. The van der Waals surface area contributed by atoms with E-state index in [0.717, 1.165) is 6.07 Å². The first-order valence-electron chi connectivity index (χ1n) is 5.40. The molecule has 2 rings (SSSR count). The Balaban J connectivity index is 2.66. The zero-order valence-electron chi connectivity index (χ0n) is 9.96. The molecule has 1 N–H and O–H groups in total. The molecule has 0 amide bonds. The molecule has 5 heteroatoms. The number of carbonyl (C=O) groups is 1. The van der Waals surface area contributed by atoms with Crippen molar-refractivity contribution in [3.05, 3.63) is 35.6 Å². The summed E-state index contributed by atoms with van der Waals surface area (Å²) in [5.41, 5.74) is -1.25. The predicted molar refractivity (Wildman–Crippen MR) is 61.4 cm³/mol. The molecule has 0 saturated carbocycles. The lowest BCUT2D eigenvalue weighted by molar-refractivity contribution is -0.138. The third-order valence-corrected chi connectivity index (χ3v) is 2.92. The van der Waals surface area contributed by atoms with Crippen molar-refractivity contribution in [1.82, 2.24) is 0 Å². The lowest BCUT2D eigenvalue weighted by atomic mass is 9.80. The van der Waals surface area contributed by atoms with Crippen LogP contribution in [0.5, 0.6) is 0 Å². The van der Waals surface area contributed by atoms with Crippen molar-refractivity contribution in [2.24, 2.45) is 0 Å². The average Bonchev–Trinajstić information content (AvgIpc) is 2.62. The van der Waals surface area contributed by atoms with Crippen LogP contribution < -0.4 is 0 Å². The zero-order valence-corrected chi connectivity index (χ0v) is 9.96. The van der Waals surface area contributed by atoms with Crippen molar-refractivity contribution in [1.29, 1.82) is 0 Å². The summed E-state index contributed by atoms with van der Waals surface area (Å²) in [6, 6.07) is 2.47. The van der Waals surface area contributed by atoms with Crippen molar-refractivity contribution >= 4 is 16.9 Å². The van der Waals surface area contributed by atoms with Crippen LogP contribution in [0.25, 0.3) is 11.0 Å². The molecule has 0 bridgehead atoms. The Hall–Kier alpha value is -1.91. The quantitative estimate of drug-likeness (QED) is 0.912. The van der Waals surface area contributed by atoms with Crippen LogP contribution in [0.3, 0.4) is 0 Å². The Morgan fingerprint density at radius 2 is 2.11 bits per heavy atom. The van der Waals surface area contributed by atoms with E-state index in [1.165, 1.54) is 26.2 Å². The second kappa shape index (κ2) is 4.08. The molecule has 0 atom stereocenters. The van der Waals surface area contributed by atoms with Gasteiger partial charge in [-0.3, -0.25) is 4.79 Å². The lowest BCUT2D eigenvalue weighted by Gasteiger charge is -2.24. The highest BCUT2D eigenvalue weighted by atomic mass is 19.1. The van der Waals surface area contributed by atoms with Gasteiger partial charge in [0.2, 0.25) is 0 Å². The Bertz CT molecular complexity index is 614. The minimum Gasteiger partial charge on any atom is -0.481 e. The molecule has 1 aromatic carbocycles. The Kier molecular flexibility index (Phi) is 2.84. The van der Waals surface area contributed by atoms with Crippen LogP contribution in [0.2, 0.25) is 0 Å². The molecule has 96 valence electrons. The van der Waals surface area contributed by atoms with Crippen LogP contribution in [0, 0.1) is 11.6 Å². The molecule has 1 heterocycles. The van der Waals surface area contributed by atoms with E-state index >= 15 is 0 Å². The summed E-state index contributed by atoms with van der Waals surface area (Å²) < 4.78 is 33.1. The maximum atomic E-state index is 14.2. The summed E-state index contributed by atoms with van der Waals surface area (Å²) in [6.45, 7) is 2.99. The molecule has 0 radical (unpaired) electrons. The summed E-state index contributed by atoms with van der Waals surface area (Å²) in [6.07, 6.45) is 0.908. The molecule has 3 nitrogen and oxygen atoms in total. The number of fused-ring (bicyclic) bond motifs is 1. The SMILES string of the molecule is CC(C)(CC(=O)O)c1c(F)cc2occc2c1F. The standard InChI is InChI=1S/C13H12F2O3/c1-13(2,6-10(16)17)11-8(14)5-9-7(12(11)15)3-4-18-9/h3-5H,6H2,1-2H3,(H,16,17). The van der Waals surface area contributed by atoms with Crippen molar-refractivity contribution in [2.45, 2.75) is 25.7 Å². The van der Waals surface area contributed by atoms with Crippen molar-refractivity contribution in [3.8, 4) is 0 Å². The monoisotopic (exact) mass is 254 g/mol. The minimum absolute atomic E-state index is 0.111. The summed E-state index contributed by atoms with van der Waals surface area (Å²) >= 11 is 0. The number of carboxylic acids is 1. The minimum atomic E-state index is -1.13. The van der Waals surface area contributed by atoms with E-state index in [4.69, 9.17) is 9.52 Å². The molecule has 0 aliphatic heterocycles. The summed E-state index contributed by atoms with van der Waals surface area (Å²) in [4.78, 5) is 10.8. The van der Waals surface area contributed by atoms with Crippen LogP contribution in [0.4, 0.5) is 8.78 Å². The fourth-order valence-corrected chi connectivity index (χ4v) is 2.13. The summed E-state index contributed by atoms with van der Waals surface area (Å²) in [5.74, 6) is -2.66. The van der Waals surface area contributed by atoms with E-state index in [1.807, 2.05) is 0 Å². The fraction of sp³-hybridized carbons (Fsp3) is 0.308. The second-order valence-corrected chi connectivity index (χ2v) is 4.83. The van der Waals surface area contributed by atoms with E-state index in [-0.39, 0.29) is 23.0 Å². The van der Waals surface area contributed by atoms with E-state index in [0.29, 0.717) is 0 Å². The molecule has 2 aromatic rings. The highest BCUT2D eigenvalue weighted by Crippen LogP contribution is 2.35. The third kappa shape index (κ3) is 1.96. The topological polar surface area (TPSA) is 50.4 Å². The first-order valence-corrected chi connectivity index (χ1v) is 5.40. The summed E-state index contributed by atoms with van der Waals surface area (Å²) in [7, 11) is 0. The van der Waals surface area contributed by atoms with E-state index in [2.05, 4.69) is 0 Å². The number of aliphatic carboxylic acids is 1. The molecule has 0 aliphatic carbocycles. The highest BCUT2D eigenvalue weighted by Gasteiger charge is 2.32. The second-order valence-electron chi connectivity index (χ2n) is 4.83. The average molecular weight is 254 g/mol. The van der Waals surface area contributed by atoms with Gasteiger partial charge in [-0.15, -0.1) is 0 Å². The number of carboxylic acid groups (broad SMARTS) is 1. The van der Waals surface area contributed by atoms with Crippen molar-refractivity contribution in [3.63, 3.8) is 0 Å². The van der Waals surface area contributed by atoms with Crippen LogP contribution in [-0.4, -0.2) is 11.1 Å². The third-order valence-electron chi connectivity index (χ3n) is 2.92. The highest BCUT2D eigenvalue weighted by molar-refractivity contribution is 5.79. The number of hydrogen-bond acceptors (Lipinski definition) is 2. The van der Waals surface area contributed by atoms with Gasteiger partial charge in [-0.1, -0.05) is 13.8 Å². The van der Waals surface area contributed by atoms with Crippen LogP contribution >= 0.6 is 0 Å². The molecule has 0 unspecified atom stereocenters. The maximum absolute atomic E-state index is 14.2. The number of rotatable bonds is 3. The first kappa shape index (κ1) is 12.5. The van der Waals surface area contributed by atoms with E-state index in [9.17, 15) is 13.6 Å². The van der Waals surface area contributed by atoms with Gasteiger partial charge < -0.3 is 9.52 Å². The molecular weight excluding hydrogens is 242 g/mol. The first-order chi connectivity index (χ1) is 8.33. The largest absolute Gasteiger partial charge is 0.481 e. The maximum Gasteiger partial charge on any atom is 0.304 e. The van der Waals surface area contributed by atoms with Gasteiger partial charge in [0.15, 0.2) is 0 Å². The van der Waals surface area contributed by atoms with Crippen molar-refractivity contribution in [2.75, 3.05) is 0 Å². The van der Waals surface area contributed by atoms with Gasteiger partial charge >= 0.3 is 5.97 Å². The van der Waals surface area contributed by atoms with Gasteiger partial charge in [0.25, 0.3) is 0 Å². The molecule has 0 spiro atoms. The normalized spacial score (nSPS) is 12.0. The number of furan rings is 1. The van der Waals surface area contributed by atoms with Gasteiger partial charge in [0.05, 0.1) is 18.1 Å². The predicted octanol–water partition coefficient (Wildman–Crippen LogP) is 3.46. The van der Waals surface area contributed by atoms with E-state index < -0.39 is 23.0 Å². The smallest absolute Gasteiger partial charge is 0.304 e. The van der Waals surface area contributed by atoms with Gasteiger partial charge in [0.1, 0.15) is 17.2 Å². The molecule has 18 heavy (non-hydrogen) atoms. The Labute approximate surface area is 102 Å². The number of halogens is 2. The van der Waals surface area contributed by atoms with Gasteiger partial charge in [0, 0.05) is 17.0 Å². The van der Waals surface area contributed by atoms with Crippen molar-refractivity contribution < 1.29 is 23.1 Å². The van der Waals surface area contributed by atoms with Gasteiger partial charge in [-0.05, 0) is 6.07 Å². The molecule has 1 aromatic heterocycles. The Morgan fingerprint density at radius 1 is 1.44 bits per heavy atom. The lowest BCUT2D eigenvalue weighted by Crippen LogP contribution is -2.24. The van der Waals surface area contributed by atoms with Gasteiger partial charge in [-0.2, -0.15) is 0 Å². The fourth-order valence-electron chi connectivity index (χ4n) is 2.13. The van der Waals surface area contributed by atoms with E-state index in [1.54, 1.807) is 0 Å². The van der Waals surface area contributed by atoms with Crippen LogP contribution in [0.15, 0.2) is 22.8 Å². The number of benzene rings is 1. The van der Waals surface area contributed by atoms with Crippen LogP contribution in [0.1, 0.15) is 25.8 Å².